The van der Waals surface area contributed by atoms with Gasteiger partial charge in [-0.05, 0) is 70.9 Å². The molecule has 1 saturated heterocycles. The standard InChI is InChI=1S/C16H32N2/c1-4-14-7-8-16(10-14)18(13(2)3)12-15-6-5-9-17-11-15/h13-17H,4-12H2,1-3H3. The first-order valence-electron chi connectivity index (χ1n) is 8.17. The van der Waals surface area contributed by atoms with Gasteiger partial charge in [0, 0.05) is 18.6 Å². The molecule has 0 bridgehead atoms. The molecule has 0 aromatic heterocycles. The molecule has 106 valence electrons. The van der Waals surface area contributed by atoms with Crippen molar-refractivity contribution in [1.29, 1.82) is 0 Å². The fourth-order valence-corrected chi connectivity index (χ4v) is 3.88. The molecule has 2 heteroatoms. The van der Waals surface area contributed by atoms with E-state index in [2.05, 4.69) is 31.0 Å². The van der Waals surface area contributed by atoms with Crippen molar-refractivity contribution in [1.82, 2.24) is 10.2 Å². The lowest BCUT2D eigenvalue weighted by molar-refractivity contribution is 0.117. The van der Waals surface area contributed by atoms with E-state index in [1.807, 2.05) is 0 Å². The van der Waals surface area contributed by atoms with E-state index in [1.165, 1.54) is 58.2 Å². The summed E-state index contributed by atoms with van der Waals surface area (Å²) in [4.78, 5) is 2.81. The zero-order chi connectivity index (χ0) is 13.0. The molecule has 2 aliphatic rings. The maximum Gasteiger partial charge on any atom is 0.0101 e. The Bertz CT molecular complexity index is 233. The van der Waals surface area contributed by atoms with Crippen molar-refractivity contribution in [2.75, 3.05) is 19.6 Å². The monoisotopic (exact) mass is 252 g/mol. The highest BCUT2D eigenvalue weighted by atomic mass is 15.2. The highest BCUT2D eigenvalue weighted by molar-refractivity contribution is 4.86. The molecule has 0 aromatic carbocycles. The predicted molar refractivity (Wildman–Crippen MR) is 78.9 cm³/mol. The number of nitrogens with zero attached hydrogens (tertiary/aromatic N) is 1. The molecule has 0 radical (unpaired) electrons. The van der Waals surface area contributed by atoms with Gasteiger partial charge in [0.05, 0.1) is 0 Å². The topological polar surface area (TPSA) is 15.3 Å². The summed E-state index contributed by atoms with van der Waals surface area (Å²) in [5.41, 5.74) is 0. The molecular formula is C16H32N2. The molecule has 3 unspecified atom stereocenters. The van der Waals surface area contributed by atoms with Gasteiger partial charge in [-0.25, -0.2) is 0 Å². The van der Waals surface area contributed by atoms with E-state index in [4.69, 9.17) is 0 Å². The van der Waals surface area contributed by atoms with Gasteiger partial charge in [0.15, 0.2) is 0 Å². The second-order valence-corrected chi connectivity index (χ2v) is 6.74. The first-order chi connectivity index (χ1) is 8.70. The first-order valence-corrected chi connectivity index (χ1v) is 8.17. The lowest BCUT2D eigenvalue weighted by Crippen LogP contribution is -2.45. The molecule has 0 aromatic rings. The number of rotatable bonds is 5. The highest BCUT2D eigenvalue weighted by Gasteiger charge is 2.31. The summed E-state index contributed by atoms with van der Waals surface area (Å²) < 4.78 is 0. The Labute approximate surface area is 114 Å². The molecule has 0 amide bonds. The summed E-state index contributed by atoms with van der Waals surface area (Å²) in [5.74, 6) is 1.89. The molecule has 3 atom stereocenters. The van der Waals surface area contributed by atoms with Gasteiger partial charge in [0.25, 0.3) is 0 Å². The molecular weight excluding hydrogens is 220 g/mol. The third-order valence-corrected chi connectivity index (χ3v) is 5.09. The summed E-state index contributed by atoms with van der Waals surface area (Å²) in [6.07, 6.45) is 8.55. The van der Waals surface area contributed by atoms with E-state index in [-0.39, 0.29) is 0 Å². The van der Waals surface area contributed by atoms with Crippen LogP contribution in [0.1, 0.15) is 59.3 Å². The fourth-order valence-electron chi connectivity index (χ4n) is 3.88. The normalized spacial score (nSPS) is 33.5. The maximum atomic E-state index is 3.56. The molecule has 1 aliphatic heterocycles. The highest BCUT2D eigenvalue weighted by Crippen LogP contribution is 2.33. The number of hydrogen-bond acceptors (Lipinski definition) is 2. The smallest absolute Gasteiger partial charge is 0.0101 e. The Morgan fingerprint density at radius 1 is 1.17 bits per heavy atom. The summed E-state index contributed by atoms with van der Waals surface area (Å²) in [6, 6.07) is 1.59. The number of piperidine rings is 1. The van der Waals surface area contributed by atoms with Crippen LogP contribution in [0.5, 0.6) is 0 Å². The van der Waals surface area contributed by atoms with Crippen LogP contribution in [0.25, 0.3) is 0 Å². The third-order valence-electron chi connectivity index (χ3n) is 5.09. The van der Waals surface area contributed by atoms with Crippen molar-refractivity contribution in [3.8, 4) is 0 Å². The zero-order valence-electron chi connectivity index (χ0n) is 12.6. The van der Waals surface area contributed by atoms with Crippen LogP contribution < -0.4 is 5.32 Å². The average Bonchev–Trinajstić information content (AvgIpc) is 2.85. The van der Waals surface area contributed by atoms with Crippen LogP contribution in [0.3, 0.4) is 0 Å². The molecule has 0 spiro atoms. The Balaban J connectivity index is 1.87. The van der Waals surface area contributed by atoms with Gasteiger partial charge < -0.3 is 5.32 Å². The van der Waals surface area contributed by atoms with Crippen LogP contribution in [0, 0.1) is 11.8 Å². The quantitative estimate of drug-likeness (QED) is 0.808. The second kappa shape index (κ2) is 6.91. The minimum Gasteiger partial charge on any atom is -0.316 e. The molecule has 1 saturated carbocycles. The van der Waals surface area contributed by atoms with Crippen LogP contribution in [-0.4, -0.2) is 36.6 Å². The van der Waals surface area contributed by atoms with Crippen LogP contribution >= 0.6 is 0 Å². The minimum absolute atomic E-state index is 0.715. The van der Waals surface area contributed by atoms with Crippen LogP contribution in [0.2, 0.25) is 0 Å². The Morgan fingerprint density at radius 2 is 2.00 bits per heavy atom. The number of nitrogens with one attached hydrogen (secondary N) is 1. The molecule has 1 heterocycles. The maximum absolute atomic E-state index is 3.56. The summed E-state index contributed by atoms with van der Waals surface area (Å²) in [5, 5.41) is 3.56. The second-order valence-electron chi connectivity index (χ2n) is 6.74. The van der Waals surface area contributed by atoms with Gasteiger partial charge in [0.1, 0.15) is 0 Å². The van der Waals surface area contributed by atoms with Crippen molar-refractivity contribution in [2.24, 2.45) is 11.8 Å². The van der Waals surface area contributed by atoms with Crippen molar-refractivity contribution in [3.05, 3.63) is 0 Å². The third kappa shape index (κ3) is 3.71. The molecule has 18 heavy (non-hydrogen) atoms. The lowest BCUT2D eigenvalue weighted by atomic mass is 9.97. The van der Waals surface area contributed by atoms with Gasteiger partial charge in [-0.3, -0.25) is 4.90 Å². The largest absolute Gasteiger partial charge is 0.316 e. The van der Waals surface area contributed by atoms with Gasteiger partial charge >= 0.3 is 0 Å². The summed E-state index contributed by atoms with van der Waals surface area (Å²) in [7, 11) is 0. The van der Waals surface area contributed by atoms with E-state index in [0.717, 1.165) is 17.9 Å². The van der Waals surface area contributed by atoms with Crippen molar-refractivity contribution in [3.63, 3.8) is 0 Å². The van der Waals surface area contributed by atoms with Gasteiger partial charge in [-0.1, -0.05) is 13.3 Å². The van der Waals surface area contributed by atoms with Gasteiger partial charge in [0.2, 0.25) is 0 Å². The van der Waals surface area contributed by atoms with Crippen molar-refractivity contribution < 1.29 is 0 Å². The Hall–Kier alpha value is -0.0800. The van der Waals surface area contributed by atoms with Crippen molar-refractivity contribution in [2.45, 2.75) is 71.4 Å². The van der Waals surface area contributed by atoms with E-state index in [0.29, 0.717) is 6.04 Å². The molecule has 1 N–H and O–H groups in total. The van der Waals surface area contributed by atoms with Crippen LogP contribution in [0.15, 0.2) is 0 Å². The molecule has 2 rings (SSSR count). The van der Waals surface area contributed by atoms with Gasteiger partial charge in [-0.15, -0.1) is 0 Å². The van der Waals surface area contributed by atoms with E-state index in [1.54, 1.807) is 0 Å². The zero-order valence-corrected chi connectivity index (χ0v) is 12.6. The van der Waals surface area contributed by atoms with Gasteiger partial charge in [-0.2, -0.15) is 0 Å². The van der Waals surface area contributed by atoms with Crippen LogP contribution in [-0.2, 0) is 0 Å². The molecule has 2 fully saturated rings. The van der Waals surface area contributed by atoms with Crippen molar-refractivity contribution >= 4 is 0 Å². The first kappa shape index (κ1) is 14.3. The lowest BCUT2D eigenvalue weighted by Gasteiger charge is -2.37. The SMILES string of the molecule is CCC1CCC(N(CC2CCCNC2)C(C)C)C1. The van der Waals surface area contributed by atoms with E-state index in [9.17, 15) is 0 Å². The predicted octanol–water partition coefficient (Wildman–Crippen LogP) is 3.28. The minimum atomic E-state index is 0.715. The Morgan fingerprint density at radius 3 is 2.56 bits per heavy atom. The Kier molecular flexibility index (Phi) is 5.50. The molecule has 1 aliphatic carbocycles. The summed E-state index contributed by atoms with van der Waals surface area (Å²) in [6.45, 7) is 10.9. The van der Waals surface area contributed by atoms with E-state index < -0.39 is 0 Å². The summed E-state index contributed by atoms with van der Waals surface area (Å²) >= 11 is 0. The number of hydrogen-bond donors (Lipinski definition) is 1. The average molecular weight is 252 g/mol. The van der Waals surface area contributed by atoms with Crippen LogP contribution in [0.4, 0.5) is 0 Å². The fraction of sp³-hybridized carbons (Fsp3) is 1.00. The van der Waals surface area contributed by atoms with E-state index >= 15 is 0 Å². The molecule has 2 nitrogen and oxygen atoms in total.